The van der Waals surface area contributed by atoms with Crippen LogP contribution in [0.5, 0.6) is 5.75 Å². The van der Waals surface area contributed by atoms with E-state index in [0.29, 0.717) is 28.6 Å². The lowest BCUT2D eigenvalue weighted by Gasteiger charge is -2.23. The molecule has 0 bridgehead atoms. The Hall–Kier alpha value is -2.67. The van der Waals surface area contributed by atoms with Gasteiger partial charge in [0.2, 0.25) is 0 Å². The van der Waals surface area contributed by atoms with Crippen LogP contribution < -0.4 is 16.4 Å². The van der Waals surface area contributed by atoms with Crippen LogP contribution in [0.3, 0.4) is 0 Å². The number of aromatic nitrogens is 2. The first-order valence-electron chi connectivity index (χ1n) is 8.10. The Morgan fingerprint density at radius 3 is 2.75 bits per heavy atom. The van der Waals surface area contributed by atoms with Crippen LogP contribution in [-0.2, 0) is 0 Å². The van der Waals surface area contributed by atoms with Gasteiger partial charge in [-0.2, -0.15) is 0 Å². The Kier molecular flexibility index (Phi) is 4.90. The molecule has 0 saturated carbocycles. The molecule has 0 atom stereocenters. The number of anilines is 1. The van der Waals surface area contributed by atoms with Gasteiger partial charge in [0.1, 0.15) is 11.6 Å². The Morgan fingerprint density at radius 1 is 1.29 bits per heavy atom. The van der Waals surface area contributed by atoms with Crippen LogP contribution in [0.15, 0.2) is 30.3 Å². The van der Waals surface area contributed by atoms with Crippen LogP contribution in [0.1, 0.15) is 18.5 Å². The Balaban J connectivity index is 1.86. The third-order valence-electron chi connectivity index (χ3n) is 4.27. The summed E-state index contributed by atoms with van der Waals surface area (Å²) in [4.78, 5) is 0. The van der Waals surface area contributed by atoms with Crippen molar-refractivity contribution in [2.24, 2.45) is 11.7 Å². The van der Waals surface area contributed by atoms with Crippen LogP contribution in [0.25, 0.3) is 11.3 Å². The minimum absolute atomic E-state index is 0.126. The molecule has 7 heteroatoms. The second-order valence-electron chi connectivity index (χ2n) is 6.00. The molecule has 6 N–H and O–H groups in total. The summed E-state index contributed by atoms with van der Waals surface area (Å²) in [6, 6.07) is 8.77. The minimum atomic E-state index is -0.126. The number of benzene rings is 1. The maximum atomic E-state index is 10.0. The molecular formula is C17H22N6O. The first-order valence-corrected chi connectivity index (χ1v) is 8.10. The van der Waals surface area contributed by atoms with Crippen molar-refractivity contribution < 1.29 is 5.11 Å². The molecule has 0 amide bonds. The van der Waals surface area contributed by atoms with Crippen LogP contribution in [-0.4, -0.2) is 40.8 Å². The van der Waals surface area contributed by atoms with Crippen molar-refractivity contribution >= 4 is 11.5 Å². The van der Waals surface area contributed by atoms with Gasteiger partial charge in [-0.1, -0.05) is 12.1 Å². The molecule has 1 aliphatic heterocycles. The molecule has 24 heavy (non-hydrogen) atoms. The Bertz CT molecular complexity index is 727. The number of piperidine rings is 1. The van der Waals surface area contributed by atoms with Crippen molar-refractivity contribution in [1.82, 2.24) is 15.5 Å². The summed E-state index contributed by atoms with van der Waals surface area (Å²) in [5.74, 6) is 0.596. The fourth-order valence-electron chi connectivity index (χ4n) is 2.89. The standard InChI is InChI=1S/C17H22N6O/c18-17(19)16-14(21-10-11-5-7-20-8-6-11)9-13(22-23-16)12-3-1-2-4-15(12)24/h1-4,9,11,20,24H,5-8,10H2,(H3,18,19)(H,21,22). The van der Waals surface area contributed by atoms with Gasteiger partial charge in [-0.25, -0.2) is 0 Å². The second-order valence-corrected chi connectivity index (χ2v) is 6.00. The zero-order valence-electron chi connectivity index (χ0n) is 13.4. The number of rotatable bonds is 5. The van der Waals surface area contributed by atoms with Crippen molar-refractivity contribution in [2.45, 2.75) is 12.8 Å². The molecule has 1 aromatic heterocycles. The number of amidine groups is 1. The van der Waals surface area contributed by atoms with E-state index in [2.05, 4.69) is 20.8 Å². The number of phenolic OH excluding ortho intramolecular Hbond substituents is 1. The summed E-state index contributed by atoms with van der Waals surface area (Å²) in [5, 5.41) is 32.6. The number of para-hydroxylation sites is 1. The highest BCUT2D eigenvalue weighted by molar-refractivity contribution is 5.98. The molecule has 1 saturated heterocycles. The SMILES string of the molecule is N=C(N)c1nnc(-c2ccccc2O)cc1NCC1CCNCC1. The van der Waals surface area contributed by atoms with Crippen molar-refractivity contribution in [1.29, 1.82) is 5.41 Å². The largest absolute Gasteiger partial charge is 0.507 e. The molecule has 0 spiro atoms. The fourth-order valence-corrected chi connectivity index (χ4v) is 2.89. The van der Waals surface area contributed by atoms with Gasteiger partial charge in [0.05, 0.1) is 11.4 Å². The maximum Gasteiger partial charge on any atom is 0.150 e. The lowest BCUT2D eigenvalue weighted by Crippen LogP contribution is -2.31. The van der Waals surface area contributed by atoms with Crippen molar-refractivity contribution in [2.75, 3.05) is 25.0 Å². The number of phenols is 1. The number of aromatic hydroxyl groups is 1. The van der Waals surface area contributed by atoms with Crippen LogP contribution in [0, 0.1) is 11.3 Å². The molecule has 3 rings (SSSR count). The molecule has 0 radical (unpaired) electrons. The number of hydrogen-bond donors (Lipinski definition) is 5. The molecule has 1 aliphatic rings. The maximum absolute atomic E-state index is 10.0. The highest BCUT2D eigenvalue weighted by Crippen LogP contribution is 2.29. The van der Waals surface area contributed by atoms with E-state index in [4.69, 9.17) is 11.1 Å². The summed E-state index contributed by atoms with van der Waals surface area (Å²) >= 11 is 0. The first-order chi connectivity index (χ1) is 11.6. The lowest BCUT2D eigenvalue weighted by molar-refractivity contribution is 0.390. The van der Waals surface area contributed by atoms with Crippen molar-refractivity contribution in [3.05, 3.63) is 36.0 Å². The highest BCUT2D eigenvalue weighted by atomic mass is 16.3. The zero-order valence-corrected chi connectivity index (χ0v) is 13.4. The molecule has 2 heterocycles. The van der Waals surface area contributed by atoms with Gasteiger partial charge in [-0.3, -0.25) is 5.41 Å². The van der Waals surface area contributed by atoms with Crippen molar-refractivity contribution in [3.8, 4) is 17.0 Å². The summed E-state index contributed by atoms with van der Waals surface area (Å²) < 4.78 is 0. The topological polar surface area (TPSA) is 120 Å². The number of nitrogens with two attached hydrogens (primary N) is 1. The lowest BCUT2D eigenvalue weighted by atomic mass is 9.98. The molecule has 126 valence electrons. The Labute approximate surface area is 140 Å². The van der Waals surface area contributed by atoms with E-state index in [1.807, 2.05) is 6.07 Å². The highest BCUT2D eigenvalue weighted by Gasteiger charge is 2.16. The zero-order chi connectivity index (χ0) is 16.9. The summed E-state index contributed by atoms with van der Waals surface area (Å²) in [6.45, 7) is 2.86. The quantitative estimate of drug-likeness (QED) is 0.420. The van der Waals surface area contributed by atoms with Gasteiger partial charge >= 0.3 is 0 Å². The van der Waals surface area contributed by atoms with Crippen LogP contribution >= 0.6 is 0 Å². The van der Waals surface area contributed by atoms with Gasteiger partial charge in [0.15, 0.2) is 5.69 Å². The first kappa shape index (κ1) is 16.2. The number of nitrogens with zero attached hydrogens (tertiary/aromatic N) is 2. The van der Waals surface area contributed by atoms with E-state index < -0.39 is 0 Å². The van der Waals surface area contributed by atoms with Crippen LogP contribution in [0.2, 0.25) is 0 Å². The van der Waals surface area contributed by atoms with Crippen LogP contribution in [0.4, 0.5) is 5.69 Å². The molecular weight excluding hydrogens is 304 g/mol. The molecule has 0 aliphatic carbocycles. The summed E-state index contributed by atoms with van der Waals surface area (Å²) in [6.07, 6.45) is 2.24. The summed E-state index contributed by atoms with van der Waals surface area (Å²) in [7, 11) is 0. The molecule has 0 unspecified atom stereocenters. The van der Waals surface area contributed by atoms with Gasteiger partial charge in [0.25, 0.3) is 0 Å². The van der Waals surface area contributed by atoms with E-state index in [1.165, 1.54) is 0 Å². The van der Waals surface area contributed by atoms with Gasteiger partial charge in [-0.15, -0.1) is 10.2 Å². The number of nitrogen functional groups attached to an aromatic ring is 1. The van der Waals surface area contributed by atoms with E-state index >= 15 is 0 Å². The van der Waals surface area contributed by atoms with Crippen molar-refractivity contribution in [3.63, 3.8) is 0 Å². The smallest absolute Gasteiger partial charge is 0.150 e. The number of hydrogen-bond acceptors (Lipinski definition) is 6. The van der Waals surface area contributed by atoms with Gasteiger partial charge in [0, 0.05) is 12.1 Å². The third kappa shape index (κ3) is 3.62. The molecule has 7 nitrogen and oxygen atoms in total. The molecule has 1 aromatic carbocycles. The Morgan fingerprint density at radius 2 is 2.04 bits per heavy atom. The normalized spacial score (nSPS) is 15.2. The third-order valence-corrected chi connectivity index (χ3v) is 4.27. The average molecular weight is 326 g/mol. The van der Waals surface area contributed by atoms with E-state index in [1.54, 1.807) is 24.3 Å². The minimum Gasteiger partial charge on any atom is -0.507 e. The predicted molar refractivity (Wildman–Crippen MR) is 94.2 cm³/mol. The molecule has 1 fully saturated rings. The monoisotopic (exact) mass is 326 g/mol. The van der Waals surface area contributed by atoms with E-state index in [-0.39, 0.29) is 11.6 Å². The average Bonchev–Trinajstić information content (AvgIpc) is 2.61. The van der Waals surface area contributed by atoms with E-state index in [9.17, 15) is 5.11 Å². The predicted octanol–water partition coefficient (Wildman–Crippen LogP) is 1.54. The van der Waals surface area contributed by atoms with E-state index in [0.717, 1.165) is 32.5 Å². The fraction of sp³-hybridized carbons (Fsp3) is 0.353. The second kappa shape index (κ2) is 7.27. The van der Waals surface area contributed by atoms with Gasteiger partial charge < -0.3 is 21.5 Å². The van der Waals surface area contributed by atoms with Gasteiger partial charge in [-0.05, 0) is 50.0 Å². The molecule has 2 aromatic rings. The number of nitrogens with one attached hydrogen (secondary N) is 3. The summed E-state index contributed by atoms with van der Waals surface area (Å²) in [5.41, 5.74) is 7.78.